The Hall–Kier alpha value is -1.93. The van der Waals surface area contributed by atoms with Gasteiger partial charge in [0.15, 0.2) is 5.96 Å². The highest BCUT2D eigenvalue weighted by molar-refractivity contribution is 5.80. The average Bonchev–Trinajstić information content (AvgIpc) is 2.78. The van der Waals surface area contributed by atoms with Crippen LogP contribution in [0.5, 0.6) is 0 Å². The van der Waals surface area contributed by atoms with Gasteiger partial charge < -0.3 is 20.4 Å². The van der Waals surface area contributed by atoms with E-state index in [1.807, 2.05) is 18.5 Å². The van der Waals surface area contributed by atoms with Gasteiger partial charge in [-0.05, 0) is 46.1 Å². The molecule has 8 heteroatoms. The summed E-state index contributed by atoms with van der Waals surface area (Å²) in [6.07, 6.45) is 7.10. The second kappa shape index (κ2) is 12.1. The van der Waals surface area contributed by atoms with Crippen molar-refractivity contribution in [2.75, 3.05) is 63.8 Å². The monoisotopic (exact) mass is 416 g/mol. The number of nitrogens with one attached hydrogen (secondary N) is 2. The summed E-state index contributed by atoms with van der Waals surface area (Å²) in [6, 6.07) is 3.05. The SMILES string of the molecule is CCNC(=NCCCN1CCN(c2ncccn2)CC1)NC1CCN(C(C)C)CC1. The van der Waals surface area contributed by atoms with Gasteiger partial charge in [0.25, 0.3) is 0 Å². The molecule has 8 nitrogen and oxygen atoms in total. The molecular formula is C22H40N8. The number of aliphatic imine (C=N–C) groups is 1. The quantitative estimate of drug-likeness (QED) is 0.377. The Balaban J connectivity index is 1.35. The van der Waals surface area contributed by atoms with Gasteiger partial charge in [0.1, 0.15) is 0 Å². The fraction of sp³-hybridized carbons (Fsp3) is 0.773. The van der Waals surface area contributed by atoms with Gasteiger partial charge in [0, 0.05) is 83.4 Å². The fourth-order valence-electron chi connectivity index (χ4n) is 4.18. The molecule has 2 aliphatic heterocycles. The minimum atomic E-state index is 0.533. The Morgan fingerprint density at radius 2 is 1.80 bits per heavy atom. The number of anilines is 1. The first-order valence-electron chi connectivity index (χ1n) is 11.7. The highest BCUT2D eigenvalue weighted by Crippen LogP contribution is 2.13. The molecule has 0 unspecified atom stereocenters. The number of rotatable bonds is 8. The van der Waals surface area contributed by atoms with Gasteiger partial charge in [-0.3, -0.25) is 9.89 Å². The second-order valence-electron chi connectivity index (χ2n) is 8.54. The van der Waals surface area contributed by atoms with Gasteiger partial charge in [-0.1, -0.05) is 0 Å². The van der Waals surface area contributed by atoms with E-state index in [9.17, 15) is 0 Å². The van der Waals surface area contributed by atoms with E-state index in [0.717, 1.165) is 64.1 Å². The van der Waals surface area contributed by atoms with Gasteiger partial charge in [-0.2, -0.15) is 0 Å². The highest BCUT2D eigenvalue weighted by Gasteiger charge is 2.21. The van der Waals surface area contributed by atoms with Crippen molar-refractivity contribution in [1.29, 1.82) is 0 Å². The molecular weight excluding hydrogens is 376 g/mol. The molecule has 0 bridgehead atoms. The number of nitrogens with zero attached hydrogens (tertiary/aromatic N) is 6. The molecule has 2 aliphatic rings. The molecule has 2 saturated heterocycles. The Kier molecular flexibility index (Phi) is 9.14. The van der Waals surface area contributed by atoms with Crippen LogP contribution in [0.3, 0.4) is 0 Å². The smallest absolute Gasteiger partial charge is 0.225 e. The summed E-state index contributed by atoms with van der Waals surface area (Å²) in [5.41, 5.74) is 0. The highest BCUT2D eigenvalue weighted by atomic mass is 15.3. The fourth-order valence-corrected chi connectivity index (χ4v) is 4.18. The number of likely N-dealkylation sites (tertiary alicyclic amines) is 1. The van der Waals surface area contributed by atoms with Gasteiger partial charge >= 0.3 is 0 Å². The largest absolute Gasteiger partial charge is 0.357 e. The lowest BCUT2D eigenvalue weighted by Crippen LogP contribution is -2.50. The van der Waals surface area contributed by atoms with Crippen molar-refractivity contribution < 1.29 is 0 Å². The molecule has 1 aromatic heterocycles. The predicted molar refractivity (Wildman–Crippen MR) is 124 cm³/mol. The lowest BCUT2D eigenvalue weighted by atomic mass is 10.0. The molecule has 168 valence electrons. The van der Waals surface area contributed by atoms with E-state index in [4.69, 9.17) is 4.99 Å². The van der Waals surface area contributed by atoms with Crippen LogP contribution in [0.2, 0.25) is 0 Å². The Morgan fingerprint density at radius 3 is 2.43 bits per heavy atom. The number of hydrogen-bond donors (Lipinski definition) is 2. The summed E-state index contributed by atoms with van der Waals surface area (Å²) in [5, 5.41) is 7.07. The third-order valence-electron chi connectivity index (χ3n) is 6.05. The predicted octanol–water partition coefficient (Wildman–Crippen LogP) is 1.42. The molecule has 3 heterocycles. The molecule has 30 heavy (non-hydrogen) atoms. The number of piperidine rings is 1. The van der Waals surface area contributed by atoms with Crippen molar-refractivity contribution in [3.8, 4) is 0 Å². The third kappa shape index (κ3) is 7.09. The minimum Gasteiger partial charge on any atom is -0.357 e. The topological polar surface area (TPSA) is 71.9 Å². The average molecular weight is 417 g/mol. The molecule has 0 atom stereocenters. The molecule has 2 N–H and O–H groups in total. The molecule has 0 radical (unpaired) electrons. The summed E-state index contributed by atoms with van der Waals surface area (Å²) < 4.78 is 0. The van der Waals surface area contributed by atoms with Crippen LogP contribution in [0.4, 0.5) is 5.95 Å². The minimum absolute atomic E-state index is 0.533. The Labute approximate surface area is 182 Å². The normalized spacial score (nSPS) is 20.0. The Morgan fingerprint density at radius 1 is 1.10 bits per heavy atom. The van der Waals surface area contributed by atoms with Gasteiger partial charge in [-0.25, -0.2) is 9.97 Å². The van der Waals surface area contributed by atoms with E-state index in [0.29, 0.717) is 12.1 Å². The molecule has 0 saturated carbocycles. The van der Waals surface area contributed by atoms with Crippen molar-refractivity contribution in [3.05, 3.63) is 18.5 Å². The van der Waals surface area contributed by atoms with Crippen LogP contribution in [0.15, 0.2) is 23.5 Å². The lowest BCUT2D eigenvalue weighted by Gasteiger charge is -2.35. The van der Waals surface area contributed by atoms with Crippen LogP contribution in [-0.2, 0) is 0 Å². The zero-order valence-corrected chi connectivity index (χ0v) is 19.1. The zero-order valence-electron chi connectivity index (χ0n) is 19.1. The maximum absolute atomic E-state index is 4.83. The summed E-state index contributed by atoms with van der Waals surface area (Å²) in [5.74, 6) is 1.83. The first kappa shape index (κ1) is 22.7. The molecule has 0 aliphatic carbocycles. The van der Waals surface area contributed by atoms with Crippen LogP contribution < -0.4 is 15.5 Å². The zero-order chi connectivity index (χ0) is 21.2. The molecule has 1 aromatic rings. The lowest BCUT2D eigenvalue weighted by molar-refractivity contribution is 0.167. The first-order valence-corrected chi connectivity index (χ1v) is 11.7. The standard InChI is InChI=1S/C22H40N8/c1-4-23-21(27-20-7-13-29(14-8-20)19(2)3)24-11-6-12-28-15-17-30(18-16-28)22-25-9-5-10-26-22/h5,9-10,19-20H,4,6-8,11-18H2,1-3H3,(H2,23,24,27). The molecule has 0 amide bonds. The molecule has 0 aromatic carbocycles. The summed E-state index contributed by atoms with van der Waals surface area (Å²) in [6.45, 7) is 16.0. The van der Waals surface area contributed by atoms with E-state index in [1.165, 1.54) is 25.9 Å². The maximum Gasteiger partial charge on any atom is 0.225 e. The number of hydrogen-bond acceptors (Lipinski definition) is 6. The van der Waals surface area contributed by atoms with E-state index >= 15 is 0 Å². The van der Waals surface area contributed by atoms with Crippen LogP contribution in [0.1, 0.15) is 40.0 Å². The maximum atomic E-state index is 4.83. The molecule has 2 fully saturated rings. The summed E-state index contributed by atoms with van der Waals surface area (Å²) in [7, 11) is 0. The van der Waals surface area contributed by atoms with E-state index in [2.05, 4.69) is 56.1 Å². The summed E-state index contributed by atoms with van der Waals surface area (Å²) in [4.78, 5) is 20.9. The van der Waals surface area contributed by atoms with Crippen molar-refractivity contribution in [3.63, 3.8) is 0 Å². The van der Waals surface area contributed by atoms with Crippen LogP contribution in [0.25, 0.3) is 0 Å². The number of guanidine groups is 1. The summed E-state index contributed by atoms with van der Waals surface area (Å²) >= 11 is 0. The number of piperazine rings is 1. The van der Waals surface area contributed by atoms with E-state index in [-0.39, 0.29) is 0 Å². The van der Waals surface area contributed by atoms with Crippen molar-refractivity contribution >= 4 is 11.9 Å². The van der Waals surface area contributed by atoms with E-state index in [1.54, 1.807) is 0 Å². The number of aromatic nitrogens is 2. The first-order chi connectivity index (χ1) is 14.7. The van der Waals surface area contributed by atoms with Crippen molar-refractivity contribution in [1.82, 2.24) is 30.4 Å². The molecule has 0 spiro atoms. The van der Waals surface area contributed by atoms with Crippen LogP contribution in [0, 0.1) is 0 Å². The van der Waals surface area contributed by atoms with Crippen LogP contribution in [-0.4, -0.2) is 96.7 Å². The molecule has 3 rings (SSSR count). The van der Waals surface area contributed by atoms with Gasteiger partial charge in [0.05, 0.1) is 0 Å². The third-order valence-corrected chi connectivity index (χ3v) is 6.05. The van der Waals surface area contributed by atoms with Crippen LogP contribution >= 0.6 is 0 Å². The Bertz CT molecular complexity index is 619. The van der Waals surface area contributed by atoms with Gasteiger partial charge in [-0.15, -0.1) is 0 Å². The van der Waals surface area contributed by atoms with Gasteiger partial charge in [0.2, 0.25) is 5.95 Å². The van der Waals surface area contributed by atoms with Crippen molar-refractivity contribution in [2.24, 2.45) is 4.99 Å². The second-order valence-corrected chi connectivity index (χ2v) is 8.54. The van der Waals surface area contributed by atoms with Crippen molar-refractivity contribution in [2.45, 2.75) is 52.1 Å². The van der Waals surface area contributed by atoms with E-state index < -0.39 is 0 Å².